The van der Waals surface area contributed by atoms with Gasteiger partial charge in [-0.05, 0) is 86.3 Å². The van der Waals surface area contributed by atoms with Gasteiger partial charge in [0, 0.05) is 11.9 Å². The Hall–Kier alpha value is -1.36. The van der Waals surface area contributed by atoms with Crippen molar-refractivity contribution in [2.24, 2.45) is 17.8 Å². The Kier molecular flexibility index (Phi) is 3.98. The molecule has 1 amide bonds. The highest BCUT2D eigenvalue weighted by Gasteiger charge is 2.51. The summed E-state index contributed by atoms with van der Waals surface area (Å²) in [7, 11) is -3.37. The molecule has 4 saturated carbocycles. The summed E-state index contributed by atoms with van der Waals surface area (Å²) in [6, 6.07) is 8.16. The topological polar surface area (TPSA) is 63.2 Å². The van der Waals surface area contributed by atoms with Crippen LogP contribution in [0.15, 0.2) is 24.3 Å². The minimum absolute atomic E-state index is 0.345. The summed E-state index contributed by atoms with van der Waals surface area (Å²) in [5.41, 5.74) is 2.42. The largest absolute Gasteiger partial charge is 0.325 e. The third-order valence-electron chi connectivity index (χ3n) is 6.81. The van der Waals surface area contributed by atoms with Gasteiger partial charge in [-0.15, -0.1) is 0 Å². The maximum absolute atomic E-state index is 12.1. The Bertz CT molecular complexity index is 746. The van der Waals surface area contributed by atoms with Crippen LogP contribution < -0.4 is 5.32 Å². The summed E-state index contributed by atoms with van der Waals surface area (Å²) in [4.78, 5) is 12.1. The summed E-state index contributed by atoms with van der Waals surface area (Å²) < 4.78 is 23.0. The number of rotatable bonds is 4. The molecule has 4 fully saturated rings. The van der Waals surface area contributed by atoms with Gasteiger partial charge in [-0.2, -0.15) is 0 Å². The molecule has 5 heteroatoms. The van der Waals surface area contributed by atoms with E-state index in [-0.39, 0.29) is 0 Å². The number of nitrogens with one attached hydrogen (secondary N) is 1. The Morgan fingerprint density at radius 3 is 1.96 bits per heavy atom. The van der Waals surface area contributed by atoms with Crippen LogP contribution in [0.2, 0.25) is 0 Å². The van der Waals surface area contributed by atoms with Crippen molar-refractivity contribution in [1.82, 2.24) is 0 Å². The highest BCUT2D eigenvalue weighted by molar-refractivity contribution is 7.92. The van der Waals surface area contributed by atoms with Crippen LogP contribution >= 0.6 is 0 Å². The fraction of sp³-hybridized carbons (Fsp3) is 0.650. The molecule has 0 spiro atoms. The van der Waals surface area contributed by atoms with Crippen LogP contribution in [-0.2, 0) is 20.0 Å². The number of hydrogen-bond donors (Lipinski definition) is 1. The van der Waals surface area contributed by atoms with E-state index in [1.165, 1.54) is 51.0 Å². The van der Waals surface area contributed by atoms with Crippen molar-refractivity contribution in [1.29, 1.82) is 0 Å². The number of carbonyl (C=O) groups excluding carboxylic acids is 1. The predicted octanol–water partition coefficient (Wildman–Crippen LogP) is 3.53. The monoisotopic (exact) mass is 361 g/mol. The van der Waals surface area contributed by atoms with Gasteiger partial charge in [0.1, 0.15) is 5.25 Å². The number of carbonyl (C=O) groups is 1. The average molecular weight is 362 g/mol. The van der Waals surface area contributed by atoms with E-state index >= 15 is 0 Å². The van der Waals surface area contributed by atoms with Crippen molar-refractivity contribution < 1.29 is 13.2 Å². The quantitative estimate of drug-likeness (QED) is 0.892. The molecule has 1 aromatic carbocycles. The molecule has 0 aromatic heterocycles. The van der Waals surface area contributed by atoms with Gasteiger partial charge in [-0.3, -0.25) is 4.79 Å². The SMILES string of the molecule is CC(C(=O)Nc1ccc(C23CC4CC(CC(C4)C2)C3)cc1)S(C)(=O)=O. The first-order valence-electron chi connectivity index (χ1n) is 9.35. The molecule has 0 aliphatic heterocycles. The molecule has 0 radical (unpaired) electrons. The van der Waals surface area contributed by atoms with E-state index in [4.69, 9.17) is 0 Å². The lowest BCUT2D eigenvalue weighted by Gasteiger charge is -2.57. The van der Waals surface area contributed by atoms with E-state index in [1.807, 2.05) is 12.1 Å². The lowest BCUT2D eigenvalue weighted by Crippen LogP contribution is -2.48. The summed E-state index contributed by atoms with van der Waals surface area (Å²) in [6.45, 7) is 1.43. The molecule has 0 saturated heterocycles. The van der Waals surface area contributed by atoms with Gasteiger partial charge in [0.15, 0.2) is 9.84 Å². The van der Waals surface area contributed by atoms with Gasteiger partial charge in [-0.25, -0.2) is 8.42 Å². The maximum atomic E-state index is 12.1. The maximum Gasteiger partial charge on any atom is 0.242 e. The summed E-state index contributed by atoms with van der Waals surface area (Å²) >= 11 is 0. The van der Waals surface area contributed by atoms with Crippen LogP contribution in [0.25, 0.3) is 0 Å². The summed E-state index contributed by atoms with van der Waals surface area (Å²) in [6.07, 6.45) is 9.32. The van der Waals surface area contributed by atoms with Crippen molar-refractivity contribution >= 4 is 21.4 Å². The van der Waals surface area contributed by atoms with Gasteiger partial charge in [0.2, 0.25) is 5.91 Å². The van der Waals surface area contributed by atoms with Gasteiger partial charge in [-0.1, -0.05) is 12.1 Å². The molecule has 4 aliphatic carbocycles. The molecule has 4 bridgehead atoms. The molecular weight excluding hydrogens is 334 g/mol. The van der Waals surface area contributed by atoms with E-state index < -0.39 is 21.0 Å². The zero-order valence-corrected chi connectivity index (χ0v) is 15.8. The third kappa shape index (κ3) is 3.12. The molecule has 1 atom stereocenters. The molecule has 1 aromatic rings. The second-order valence-corrected chi connectivity index (χ2v) is 11.1. The van der Waals surface area contributed by atoms with Gasteiger partial charge in [0.05, 0.1) is 0 Å². The first-order chi connectivity index (χ1) is 11.7. The molecule has 5 rings (SSSR count). The Balaban J connectivity index is 1.50. The first kappa shape index (κ1) is 17.1. The van der Waals surface area contributed by atoms with Crippen molar-refractivity contribution in [3.8, 4) is 0 Å². The molecule has 136 valence electrons. The smallest absolute Gasteiger partial charge is 0.242 e. The predicted molar refractivity (Wildman–Crippen MR) is 99.2 cm³/mol. The van der Waals surface area contributed by atoms with Crippen LogP contribution in [0.5, 0.6) is 0 Å². The van der Waals surface area contributed by atoms with Crippen molar-refractivity contribution in [2.45, 2.75) is 56.1 Å². The fourth-order valence-corrected chi connectivity index (χ4v) is 6.26. The van der Waals surface area contributed by atoms with Crippen LogP contribution in [0.1, 0.15) is 51.0 Å². The highest BCUT2D eigenvalue weighted by atomic mass is 32.2. The number of hydrogen-bond acceptors (Lipinski definition) is 3. The average Bonchev–Trinajstić information content (AvgIpc) is 2.52. The number of benzene rings is 1. The number of amides is 1. The van der Waals surface area contributed by atoms with Gasteiger partial charge >= 0.3 is 0 Å². The van der Waals surface area contributed by atoms with E-state index in [1.54, 1.807) is 0 Å². The zero-order valence-electron chi connectivity index (χ0n) is 15.0. The molecule has 25 heavy (non-hydrogen) atoms. The summed E-state index contributed by atoms with van der Waals surface area (Å²) in [5, 5.41) is 1.70. The standard InChI is InChI=1S/C20H27NO3S/c1-13(25(2,23)24)19(22)21-18-5-3-17(4-6-18)20-10-14-7-15(11-20)9-16(8-14)12-20/h3-6,13-16H,7-12H2,1-2H3,(H,21,22). The van der Waals surface area contributed by atoms with Crippen molar-refractivity contribution in [2.75, 3.05) is 11.6 Å². The van der Waals surface area contributed by atoms with Crippen molar-refractivity contribution in [3.63, 3.8) is 0 Å². The van der Waals surface area contributed by atoms with Crippen LogP contribution in [0, 0.1) is 17.8 Å². The second kappa shape index (κ2) is 5.83. The lowest BCUT2D eigenvalue weighted by molar-refractivity contribution is -0.115. The van der Waals surface area contributed by atoms with E-state index in [0.29, 0.717) is 11.1 Å². The Morgan fingerprint density at radius 1 is 1.04 bits per heavy atom. The molecule has 1 N–H and O–H groups in total. The minimum Gasteiger partial charge on any atom is -0.325 e. The summed E-state index contributed by atoms with van der Waals surface area (Å²) in [5.74, 6) is 2.24. The molecule has 0 heterocycles. The van der Waals surface area contributed by atoms with E-state index in [0.717, 1.165) is 24.0 Å². The van der Waals surface area contributed by atoms with Crippen LogP contribution in [0.3, 0.4) is 0 Å². The van der Waals surface area contributed by atoms with E-state index in [2.05, 4.69) is 17.4 Å². The first-order valence-corrected chi connectivity index (χ1v) is 11.3. The molecule has 4 aliphatic rings. The Morgan fingerprint density at radius 2 is 1.52 bits per heavy atom. The molecule has 4 nitrogen and oxygen atoms in total. The molecule has 1 unspecified atom stereocenters. The van der Waals surface area contributed by atoms with Crippen LogP contribution in [0.4, 0.5) is 5.69 Å². The van der Waals surface area contributed by atoms with Gasteiger partial charge < -0.3 is 5.32 Å². The zero-order chi connectivity index (χ0) is 17.8. The second-order valence-electron chi connectivity index (χ2n) is 8.74. The minimum atomic E-state index is -3.37. The van der Waals surface area contributed by atoms with Gasteiger partial charge in [0.25, 0.3) is 0 Å². The normalized spacial score (nSPS) is 34.7. The number of sulfone groups is 1. The Labute approximate surface area is 150 Å². The third-order valence-corrected chi connectivity index (χ3v) is 8.31. The van der Waals surface area contributed by atoms with Crippen molar-refractivity contribution in [3.05, 3.63) is 29.8 Å². The number of anilines is 1. The van der Waals surface area contributed by atoms with Crippen LogP contribution in [-0.4, -0.2) is 25.8 Å². The fourth-order valence-electron chi connectivity index (χ4n) is 5.81. The highest BCUT2D eigenvalue weighted by Crippen LogP contribution is 2.60. The molecular formula is C20H27NO3S. The lowest BCUT2D eigenvalue weighted by atomic mass is 9.48. The van der Waals surface area contributed by atoms with E-state index in [9.17, 15) is 13.2 Å².